The topological polar surface area (TPSA) is 9.23 Å². The molecular weight excluding hydrogens is 172 g/mol. The maximum atomic E-state index is 5.84. The summed E-state index contributed by atoms with van der Waals surface area (Å²) in [4.78, 5) is 0. The molecule has 0 radical (unpaired) electrons. The van der Waals surface area contributed by atoms with Crippen LogP contribution in [-0.2, 0) is 5.41 Å². The Kier molecular flexibility index (Phi) is 1.58. The van der Waals surface area contributed by atoms with Crippen LogP contribution in [0.25, 0.3) is 0 Å². The summed E-state index contributed by atoms with van der Waals surface area (Å²) >= 11 is 5.84. The molecule has 0 saturated carbocycles. The highest BCUT2D eigenvalue weighted by Gasteiger charge is 2.31. The summed E-state index contributed by atoms with van der Waals surface area (Å²) < 4.78 is 5.51. The summed E-state index contributed by atoms with van der Waals surface area (Å²) in [5, 5.41) is 0.742. The predicted molar refractivity (Wildman–Crippen MR) is 50.0 cm³/mol. The second-order valence-electron chi connectivity index (χ2n) is 3.81. The number of fused-ring (bicyclic) bond motifs is 1. The van der Waals surface area contributed by atoms with Gasteiger partial charge in [0.25, 0.3) is 0 Å². The van der Waals surface area contributed by atoms with Crippen molar-refractivity contribution >= 4 is 11.6 Å². The largest absolute Gasteiger partial charge is 0.492 e. The molecule has 0 saturated heterocycles. The molecule has 1 aromatic rings. The van der Waals surface area contributed by atoms with E-state index in [4.69, 9.17) is 16.3 Å². The third-order valence-electron chi connectivity index (χ3n) is 2.26. The monoisotopic (exact) mass is 182 g/mol. The summed E-state index contributed by atoms with van der Waals surface area (Å²) in [6, 6.07) is 5.84. The van der Waals surface area contributed by atoms with Gasteiger partial charge in [-0.2, -0.15) is 0 Å². The van der Waals surface area contributed by atoms with Gasteiger partial charge in [0.15, 0.2) is 0 Å². The Labute approximate surface area is 77.3 Å². The van der Waals surface area contributed by atoms with Crippen molar-refractivity contribution in [2.24, 2.45) is 0 Å². The molecule has 2 heteroatoms. The van der Waals surface area contributed by atoms with Gasteiger partial charge in [-0.05, 0) is 12.1 Å². The van der Waals surface area contributed by atoms with Crippen LogP contribution in [0.3, 0.4) is 0 Å². The van der Waals surface area contributed by atoms with Crippen molar-refractivity contribution < 1.29 is 4.74 Å². The molecule has 2 rings (SSSR count). The Morgan fingerprint density at radius 1 is 1.42 bits per heavy atom. The van der Waals surface area contributed by atoms with Crippen molar-refractivity contribution in [1.82, 2.24) is 0 Å². The molecule has 0 N–H and O–H groups in total. The lowest BCUT2D eigenvalue weighted by molar-refractivity contribution is 0.291. The summed E-state index contributed by atoms with van der Waals surface area (Å²) in [7, 11) is 0. The van der Waals surface area contributed by atoms with Crippen LogP contribution in [0.2, 0.25) is 5.02 Å². The van der Waals surface area contributed by atoms with Gasteiger partial charge in [-0.3, -0.25) is 0 Å². The Bertz CT molecular complexity index is 318. The Morgan fingerprint density at radius 3 is 2.92 bits per heavy atom. The minimum Gasteiger partial charge on any atom is -0.492 e. The molecule has 64 valence electrons. The first kappa shape index (κ1) is 7.93. The van der Waals surface area contributed by atoms with Gasteiger partial charge in [-0.25, -0.2) is 0 Å². The van der Waals surface area contributed by atoms with Gasteiger partial charge in [0.1, 0.15) is 5.75 Å². The highest BCUT2D eigenvalue weighted by atomic mass is 35.5. The standard InChI is InChI=1S/C10H11ClO/c1-10(2)6-12-9-5-7(11)3-4-8(9)10/h3-5H,6H2,1-2H3. The smallest absolute Gasteiger partial charge is 0.124 e. The number of halogens is 1. The summed E-state index contributed by atoms with van der Waals surface area (Å²) in [6.45, 7) is 5.10. The molecule has 1 aliphatic rings. The van der Waals surface area contributed by atoms with Crippen LogP contribution in [0.15, 0.2) is 18.2 Å². The number of rotatable bonds is 0. The fraction of sp³-hybridized carbons (Fsp3) is 0.400. The molecule has 0 aliphatic carbocycles. The molecule has 1 heterocycles. The van der Waals surface area contributed by atoms with E-state index in [9.17, 15) is 0 Å². The normalized spacial score (nSPS) is 18.6. The molecule has 0 amide bonds. The second-order valence-corrected chi connectivity index (χ2v) is 4.25. The van der Waals surface area contributed by atoms with Crippen LogP contribution >= 0.6 is 11.6 Å². The molecular formula is C10H11ClO. The van der Waals surface area contributed by atoms with Crippen LogP contribution in [0.5, 0.6) is 5.75 Å². The van der Waals surface area contributed by atoms with Crippen molar-refractivity contribution in [3.63, 3.8) is 0 Å². The van der Waals surface area contributed by atoms with Crippen molar-refractivity contribution in [3.05, 3.63) is 28.8 Å². The first-order valence-electron chi connectivity index (χ1n) is 4.02. The Hall–Kier alpha value is -0.690. The van der Waals surface area contributed by atoms with Gasteiger partial charge in [0.2, 0.25) is 0 Å². The zero-order valence-corrected chi connectivity index (χ0v) is 7.98. The van der Waals surface area contributed by atoms with Gasteiger partial charge in [0, 0.05) is 16.0 Å². The molecule has 1 aromatic carbocycles. The third-order valence-corrected chi connectivity index (χ3v) is 2.50. The SMILES string of the molecule is CC1(C)COc2cc(Cl)ccc21. The molecule has 0 bridgehead atoms. The minimum atomic E-state index is 0.139. The van der Waals surface area contributed by atoms with E-state index >= 15 is 0 Å². The van der Waals surface area contributed by atoms with Gasteiger partial charge >= 0.3 is 0 Å². The maximum absolute atomic E-state index is 5.84. The summed E-state index contributed by atoms with van der Waals surface area (Å²) in [5.41, 5.74) is 1.40. The van der Waals surface area contributed by atoms with E-state index in [1.165, 1.54) is 5.56 Å². The number of ether oxygens (including phenoxy) is 1. The Morgan fingerprint density at radius 2 is 2.17 bits per heavy atom. The second kappa shape index (κ2) is 2.40. The van der Waals surface area contributed by atoms with Crippen molar-refractivity contribution in [1.29, 1.82) is 0 Å². The molecule has 0 fully saturated rings. The van der Waals surface area contributed by atoms with E-state index < -0.39 is 0 Å². The molecule has 0 unspecified atom stereocenters. The minimum absolute atomic E-state index is 0.139. The van der Waals surface area contributed by atoms with Crippen LogP contribution in [0.4, 0.5) is 0 Å². The van der Waals surface area contributed by atoms with E-state index in [0.29, 0.717) is 0 Å². The van der Waals surface area contributed by atoms with Crippen LogP contribution < -0.4 is 4.74 Å². The first-order chi connectivity index (χ1) is 5.59. The van der Waals surface area contributed by atoms with E-state index in [1.807, 2.05) is 18.2 Å². The zero-order chi connectivity index (χ0) is 8.77. The molecule has 12 heavy (non-hydrogen) atoms. The molecule has 1 aliphatic heterocycles. The number of hydrogen-bond acceptors (Lipinski definition) is 1. The van der Waals surface area contributed by atoms with E-state index in [0.717, 1.165) is 17.4 Å². The first-order valence-corrected chi connectivity index (χ1v) is 4.40. The van der Waals surface area contributed by atoms with E-state index in [1.54, 1.807) is 0 Å². The molecule has 0 atom stereocenters. The third kappa shape index (κ3) is 1.09. The number of benzene rings is 1. The molecule has 1 nitrogen and oxygen atoms in total. The van der Waals surface area contributed by atoms with Gasteiger partial charge in [-0.1, -0.05) is 31.5 Å². The lowest BCUT2D eigenvalue weighted by Gasteiger charge is -2.14. The van der Waals surface area contributed by atoms with Gasteiger partial charge in [-0.15, -0.1) is 0 Å². The maximum Gasteiger partial charge on any atom is 0.124 e. The van der Waals surface area contributed by atoms with E-state index in [-0.39, 0.29) is 5.41 Å². The van der Waals surface area contributed by atoms with Crippen molar-refractivity contribution in [2.75, 3.05) is 6.61 Å². The fourth-order valence-corrected chi connectivity index (χ4v) is 1.67. The molecule has 0 spiro atoms. The summed E-state index contributed by atoms with van der Waals surface area (Å²) in [6.07, 6.45) is 0. The quantitative estimate of drug-likeness (QED) is 0.600. The Balaban J connectivity index is 2.55. The highest BCUT2D eigenvalue weighted by Crippen LogP contribution is 2.39. The predicted octanol–water partition coefficient (Wildman–Crippen LogP) is 3.01. The van der Waals surface area contributed by atoms with Crippen LogP contribution in [-0.4, -0.2) is 6.61 Å². The van der Waals surface area contributed by atoms with Crippen LogP contribution in [0, 0.1) is 0 Å². The van der Waals surface area contributed by atoms with E-state index in [2.05, 4.69) is 13.8 Å². The lowest BCUT2D eigenvalue weighted by Crippen LogP contribution is -2.18. The van der Waals surface area contributed by atoms with Crippen molar-refractivity contribution in [2.45, 2.75) is 19.3 Å². The average Bonchev–Trinajstić information content (AvgIpc) is 2.27. The van der Waals surface area contributed by atoms with Crippen molar-refractivity contribution in [3.8, 4) is 5.75 Å². The number of hydrogen-bond donors (Lipinski definition) is 0. The van der Waals surface area contributed by atoms with Gasteiger partial charge < -0.3 is 4.74 Å². The fourth-order valence-electron chi connectivity index (χ4n) is 1.51. The van der Waals surface area contributed by atoms with Gasteiger partial charge in [0.05, 0.1) is 6.61 Å². The lowest BCUT2D eigenvalue weighted by atomic mass is 9.87. The summed E-state index contributed by atoms with van der Waals surface area (Å²) in [5.74, 6) is 0.938. The average molecular weight is 183 g/mol. The zero-order valence-electron chi connectivity index (χ0n) is 7.23. The van der Waals surface area contributed by atoms with Crippen LogP contribution in [0.1, 0.15) is 19.4 Å². The highest BCUT2D eigenvalue weighted by molar-refractivity contribution is 6.30. The molecule has 0 aromatic heterocycles.